The molecule has 0 N–H and O–H groups in total. The number of amides is 1. The zero-order valence-corrected chi connectivity index (χ0v) is 10.8. The first-order valence-corrected chi connectivity index (χ1v) is 6.73. The summed E-state index contributed by atoms with van der Waals surface area (Å²) in [6.45, 7) is 4.17. The van der Waals surface area contributed by atoms with Crippen molar-refractivity contribution in [2.75, 3.05) is 38.2 Å². The van der Waals surface area contributed by atoms with Gasteiger partial charge in [-0.1, -0.05) is 0 Å². The molecule has 1 heterocycles. The van der Waals surface area contributed by atoms with E-state index in [1.54, 1.807) is 11.9 Å². The summed E-state index contributed by atoms with van der Waals surface area (Å²) in [5, 5.41) is 8.46. The van der Waals surface area contributed by atoms with Crippen LogP contribution in [0.5, 0.6) is 0 Å². The third-order valence-corrected chi connectivity index (χ3v) is 4.02. The van der Waals surface area contributed by atoms with Crippen LogP contribution in [0.2, 0.25) is 0 Å². The monoisotopic (exact) mass is 241 g/mol. The minimum absolute atomic E-state index is 0.119. The van der Waals surface area contributed by atoms with Crippen molar-refractivity contribution >= 4 is 17.7 Å². The van der Waals surface area contributed by atoms with Crippen molar-refractivity contribution in [1.29, 1.82) is 5.26 Å². The number of rotatable bonds is 4. The summed E-state index contributed by atoms with van der Waals surface area (Å²) < 4.78 is 0. The average Bonchev–Trinajstić information content (AvgIpc) is 2.28. The van der Waals surface area contributed by atoms with Crippen LogP contribution in [-0.2, 0) is 4.79 Å². The molecule has 1 aliphatic rings. The van der Waals surface area contributed by atoms with E-state index in [-0.39, 0.29) is 5.91 Å². The highest BCUT2D eigenvalue weighted by atomic mass is 32.2. The van der Waals surface area contributed by atoms with Crippen molar-refractivity contribution in [3.8, 4) is 6.07 Å². The third-order valence-electron chi connectivity index (χ3n) is 2.83. The molecule has 16 heavy (non-hydrogen) atoms. The fourth-order valence-corrected chi connectivity index (χ4v) is 2.72. The summed E-state index contributed by atoms with van der Waals surface area (Å²) >= 11 is 1.95. The Morgan fingerprint density at radius 3 is 3.06 bits per heavy atom. The summed E-state index contributed by atoms with van der Waals surface area (Å²) in [4.78, 5) is 15.7. The molecule has 0 spiro atoms. The molecule has 0 aliphatic carbocycles. The zero-order valence-electron chi connectivity index (χ0n) is 9.98. The summed E-state index contributed by atoms with van der Waals surface area (Å²) in [5.74, 6) is 2.34. The van der Waals surface area contributed by atoms with E-state index < -0.39 is 0 Å². The predicted octanol–water partition coefficient (Wildman–Crippen LogP) is 0.796. The van der Waals surface area contributed by atoms with Gasteiger partial charge in [-0.05, 0) is 6.92 Å². The molecule has 0 aromatic rings. The predicted molar refractivity (Wildman–Crippen MR) is 66.2 cm³/mol. The van der Waals surface area contributed by atoms with Gasteiger partial charge in [0.1, 0.15) is 0 Å². The number of hydrogen-bond donors (Lipinski definition) is 0. The van der Waals surface area contributed by atoms with E-state index >= 15 is 0 Å². The number of hydrogen-bond acceptors (Lipinski definition) is 4. The second-order valence-corrected chi connectivity index (χ2v) is 5.27. The van der Waals surface area contributed by atoms with Crippen LogP contribution in [0.15, 0.2) is 0 Å². The molecule has 0 radical (unpaired) electrons. The molecule has 0 saturated carbocycles. The Balaban J connectivity index is 2.35. The van der Waals surface area contributed by atoms with Crippen molar-refractivity contribution < 1.29 is 4.79 Å². The zero-order chi connectivity index (χ0) is 12.0. The summed E-state index contributed by atoms with van der Waals surface area (Å²) in [6.07, 6.45) is 0.410. The summed E-state index contributed by atoms with van der Waals surface area (Å²) in [7, 11) is 1.77. The molecule has 1 atom stereocenters. The molecule has 0 aromatic carbocycles. The Labute approximate surface area is 102 Å². The topological polar surface area (TPSA) is 47.3 Å². The number of nitrogens with zero attached hydrogens (tertiary/aromatic N) is 3. The van der Waals surface area contributed by atoms with Gasteiger partial charge in [0.25, 0.3) is 0 Å². The Kier molecular flexibility index (Phi) is 5.64. The molecular weight excluding hydrogens is 222 g/mol. The molecule has 90 valence electrons. The lowest BCUT2D eigenvalue weighted by Crippen LogP contribution is -2.46. The first kappa shape index (κ1) is 13.3. The van der Waals surface area contributed by atoms with E-state index in [0.717, 1.165) is 18.1 Å². The van der Waals surface area contributed by atoms with E-state index in [1.165, 1.54) is 0 Å². The van der Waals surface area contributed by atoms with Crippen LogP contribution in [0.3, 0.4) is 0 Å². The second-order valence-electron chi connectivity index (χ2n) is 4.12. The highest BCUT2D eigenvalue weighted by molar-refractivity contribution is 7.99. The van der Waals surface area contributed by atoms with Crippen LogP contribution in [0, 0.1) is 11.3 Å². The number of carbonyl (C=O) groups is 1. The van der Waals surface area contributed by atoms with Crippen LogP contribution in [0.4, 0.5) is 0 Å². The number of carbonyl (C=O) groups excluding carboxylic acids is 1. The van der Waals surface area contributed by atoms with E-state index in [0.29, 0.717) is 25.6 Å². The van der Waals surface area contributed by atoms with Crippen LogP contribution < -0.4 is 0 Å². The molecular formula is C11H19N3OS. The van der Waals surface area contributed by atoms with Gasteiger partial charge < -0.3 is 4.90 Å². The second kappa shape index (κ2) is 6.77. The SMILES string of the molecule is CC1CSCCN1CC(=O)N(C)CCC#N. The molecule has 4 nitrogen and oxygen atoms in total. The maximum absolute atomic E-state index is 11.8. The summed E-state index contributed by atoms with van der Waals surface area (Å²) in [6, 6.07) is 2.53. The minimum atomic E-state index is 0.119. The van der Waals surface area contributed by atoms with Crippen LogP contribution in [-0.4, -0.2) is 59.9 Å². The first-order chi connectivity index (χ1) is 7.65. The van der Waals surface area contributed by atoms with Crippen molar-refractivity contribution in [2.24, 2.45) is 0 Å². The Bertz CT molecular complexity index is 277. The molecule has 1 unspecified atom stereocenters. The van der Waals surface area contributed by atoms with E-state index in [2.05, 4.69) is 17.9 Å². The highest BCUT2D eigenvalue weighted by Gasteiger charge is 2.22. The van der Waals surface area contributed by atoms with Gasteiger partial charge in [-0.3, -0.25) is 9.69 Å². The van der Waals surface area contributed by atoms with E-state index in [4.69, 9.17) is 5.26 Å². The van der Waals surface area contributed by atoms with Gasteiger partial charge in [0.2, 0.25) is 5.91 Å². The fraction of sp³-hybridized carbons (Fsp3) is 0.818. The van der Waals surface area contributed by atoms with Crippen molar-refractivity contribution in [1.82, 2.24) is 9.80 Å². The van der Waals surface area contributed by atoms with Crippen LogP contribution in [0.25, 0.3) is 0 Å². The molecule has 0 aromatic heterocycles. The molecule has 1 amide bonds. The van der Waals surface area contributed by atoms with Gasteiger partial charge in [-0.15, -0.1) is 0 Å². The minimum Gasteiger partial charge on any atom is -0.344 e. The van der Waals surface area contributed by atoms with Gasteiger partial charge in [0.05, 0.1) is 19.0 Å². The molecule has 1 aliphatic heterocycles. The normalized spacial score (nSPS) is 21.4. The largest absolute Gasteiger partial charge is 0.344 e. The van der Waals surface area contributed by atoms with E-state index in [9.17, 15) is 4.79 Å². The third kappa shape index (κ3) is 4.03. The van der Waals surface area contributed by atoms with Crippen LogP contribution in [0.1, 0.15) is 13.3 Å². The fourth-order valence-electron chi connectivity index (χ4n) is 1.63. The highest BCUT2D eigenvalue weighted by Crippen LogP contribution is 2.15. The molecule has 1 rings (SSSR count). The number of thioether (sulfide) groups is 1. The van der Waals surface area contributed by atoms with Gasteiger partial charge in [-0.2, -0.15) is 17.0 Å². The summed E-state index contributed by atoms with van der Waals surface area (Å²) in [5.41, 5.74) is 0. The quantitative estimate of drug-likeness (QED) is 0.730. The van der Waals surface area contributed by atoms with Gasteiger partial charge in [-0.25, -0.2) is 0 Å². The molecule has 1 fully saturated rings. The maximum atomic E-state index is 11.8. The van der Waals surface area contributed by atoms with Crippen molar-refractivity contribution in [2.45, 2.75) is 19.4 Å². The van der Waals surface area contributed by atoms with Gasteiger partial charge >= 0.3 is 0 Å². The Morgan fingerprint density at radius 1 is 1.69 bits per heavy atom. The number of likely N-dealkylation sites (N-methyl/N-ethyl adjacent to an activating group) is 1. The van der Waals surface area contributed by atoms with Gasteiger partial charge in [0, 0.05) is 37.7 Å². The lowest BCUT2D eigenvalue weighted by Gasteiger charge is -2.33. The van der Waals surface area contributed by atoms with Crippen LogP contribution >= 0.6 is 11.8 Å². The Morgan fingerprint density at radius 2 is 2.44 bits per heavy atom. The molecule has 5 heteroatoms. The standard InChI is InChI=1S/C11H19N3OS/c1-10-9-16-7-6-14(10)8-11(15)13(2)5-3-4-12/h10H,3,5-9H2,1-2H3. The first-order valence-electron chi connectivity index (χ1n) is 5.58. The Hall–Kier alpha value is -0.730. The molecule has 0 bridgehead atoms. The van der Waals surface area contributed by atoms with Crippen molar-refractivity contribution in [3.63, 3.8) is 0 Å². The van der Waals surface area contributed by atoms with Gasteiger partial charge in [0.15, 0.2) is 0 Å². The molecule has 1 saturated heterocycles. The van der Waals surface area contributed by atoms with Crippen molar-refractivity contribution in [3.05, 3.63) is 0 Å². The smallest absolute Gasteiger partial charge is 0.236 e. The lowest BCUT2D eigenvalue weighted by atomic mass is 10.3. The lowest BCUT2D eigenvalue weighted by molar-refractivity contribution is -0.131. The number of nitriles is 1. The maximum Gasteiger partial charge on any atom is 0.236 e. The average molecular weight is 241 g/mol. The van der Waals surface area contributed by atoms with E-state index in [1.807, 2.05) is 11.8 Å².